The standard InChI is InChI=1S/C24H34N2O2.ClH/c1-15-3-4-20(5-16(15)2)23-7-17-6-18(8-23)10-24(9-17,14-23)22(28)26-12-19-11-25-13-21(19)27;/h3-5,17-19,21,25,27H,6-14H2,1-2H3,(H,26,28);1H. The average Bonchev–Trinajstić information content (AvgIpc) is 3.05. The van der Waals surface area contributed by atoms with Gasteiger partial charge in [0.25, 0.3) is 0 Å². The number of hydrogen-bond donors (Lipinski definition) is 3. The minimum atomic E-state index is -0.335. The highest BCUT2D eigenvalue weighted by Gasteiger charge is 2.60. The Morgan fingerprint density at radius 2 is 1.86 bits per heavy atom. The van der Waals surface area contributed by atoms with Crippen molar-refractivity contribution in [2.45, 2.75) is 63.9 Å². The lowest BCUT2D eigenvalue weighted by atomic mass is 9.42. The predicted molar refractivity (Wildman–Crippen MR) is 117 cm³/mol. The third kappa shape index (κ3) is 3.51. The number of aryl methyl sites for hydroxylation is 2. The van der Waals surface area contributed by atoms with Gasteiger partial charge in [0.1, 0.15) is 0 Å². The molecule has 0 aromatic heterocycles. The largest absolute Gasteiger partial charge is 0.391 e. The van der Waals surface area contributed by atoms with Crippen molar-refractivity contribution in [3.8, 4) is 0 Å². The van der Waals surface area contributed by atoms with Gasteiger partial charge in [0.2, 0.25) is 5.91 Å². The van der Waals surface area contributed by atoms with Gasteiger partial charge in [0.15, 0.2) is 0 Å². The number of carbonyl (C=O) groups is 1. The van der Waals surface area contributed by atoms with Gasteiger partial charge in [-0.05, 0) is 86.3 Å². The second-order valence-electron chi connectivity index (χ2n) is 10.5. The number of hydrogen-bond acceptors (Lipinski definition) is 3. The molecular weight excluding hydrogens is 384 g/mol. The van der Waals surface area contributed by atoms with E-state index in [4.69, 9.17) is 0 Å². The molecule has 4 aliphatic carbocycles. The van der Waals surface area contributed by atoms with Crippen LogP contribution in [-0.2, 0) is 10.2 Å². The van der Waals surface area contributed by atoms with Crippen LogP contribution in [-0.4, -0.2) is 36.8 Å². The normalized spacial score (nSPS) is 40.0. The maximum absolute atomic E-state index is 13.4. The fourth-order valence-electron chi connectivity index (χ4n) is 7.28. The summed E-state index contributed by atoms with van der Waals surface area (Å²) in [6.45, 7) is 6.43. The lowest BCUT2D eigenvalue weighted by Crippen LogP contribution is -2.59. The third-order valence-corrected chi connectivity index (χ3v) is 8.49. The molecule has 4 nitrogen and oxygen atoms in total. The Labute approximate surface area is 180 Å². The van der Waals surface area contributed by atoms with Crippen LogP contribution in [0.25, 0.3) is 0 Å². The molecule has 1 aromatic rings. The van der Waals surface area contributed by atoms with E-state index in [2.05, 4.69) is 42.7 Å². The van der Waals surface area contributed by atoms with Crippen molar-refractivity contribution in [2.24, 2.45) is 23.2 Å². The van der Waals surface area contributed by atoms with Crippen LogP contribution in [0.1, 0.15) is 55.2 Å². The van der Waals surface area contributed by atoms with Crippen molar-refractivity contribution >= 4 is 18.3 Å². The van der Waals surface area contributed by atoms with Crippen LogP contribution >= 0.6 is 12.4 Å². The van der Waals surface area contributed by atoms with Crippen LogP contribution < -0.4 is 10.6 Å². The first-order valence-corrected chi connectivity index (χ1v) is 11.1. The molecule has 3 N–H and O–H groups in total. The molecule has 4 unspecified atom stereocenters. The summed E-state index contributed by atoms with van der Waals surface area (Å²) >= 11 is 0. The van der Waals surface area contributed by atoms with Crippen LogP contribution in [0.15, 0.2) is 18.2 Å². The maximum atomic E-state index is 13.4. The first-order chi connectivity index (χ1) is 13.4. The molecule has 4 saturated carbocycles. The number of β-amino-alcohol motifs (C(OH)–C–C–N with tert-alkyl or cyclic N) is 1. The smallest absolute Gasteiger partial charge is 0.226 e. The van der Waals surface area contributed by atoms with Gasteiger partial charge in [-0.25, -0.2) is 0 Å². The molecule has 29 heavy (non-hydrogen) atoms. The Kier molecular flexibility index (Phi) is 5.50. The molecule has 1 amide bonds. The van der Waals surface area contributed by atoms with Gasteiger partial charge in [-0.3, -0.25) is 4.79 Å². The van der Waals surface area contributed by atoms with Crippen LogP contribution in [0.2, 0.25) is 0 Å². The summed E-state index contributed by atoms with van der Waals surface area (Å²) < 4.78 is 0. The number of carbonyl (C=O) groups excluding carboxylic acids is 1. The molecule has 0 radical (unpaired) electrons. The first kappa shape index (κ1) is 21.1. The van der Waals surface area contributed by atoms with Crippen molar-refractivity contribution in [1.29, 1.82) is 0 Å². The highest BCUT2D eigenvalue weighted by Crippen LogP contribution is 2.65. The molecule has 4 bridgehead atoms. The number of amides is 1. The second-order valence-corrected chi connectivity index (χ2v) is 10.5. The molecule has 5 aliphatic rings. The summed E-state index contributed by atoms with van der Waals surface area (Å²) in [5, 5.41) is 16.5. The van der Waals surface area contributed by atoms with Gasteiger partial charge in [-0.1, -0.05) is 18.2 Å². The number of benzene rings is 1. The van der Waals surface area contributed by atoms with Crippen molar-refractivity contribution < 1.29 is 9.90 Å². The minimum Gasteiger partial charge on any atom is -0.391 e. The number of aliphatic hydroxyl groups is 1. The number of halogens is 1. The second kappa shape index (κ2) is 7.55. The Balaban J connectivity index is 0.00000205. The van der Waals surface area contributed by atoms with E-state index >= 15 is 0 Å². The zero-order valence-corrected chi connectivity index (χ0v) is 18.5. The SMILES string of the molecule is Cc1ccc(C23CC4CC(CC(C(=O)NCC5CNCC5O)(C4)C2)C3)cc1C.Cl. The van der Waals surface area contributed by atoms with Gasteiger partial charge in [0.05, 0.1) is 11.5 Å². The van der Waals surface area contributed by atoms with Crippen LogP contribution in [0, 0.1) is 37.0 Å². The van der Waals surface area contributed by atoms with Gasteiger partial charge in [-0.15, -0.1) is 12.4 Å². The Morgan fingerprint density at radius 1 is 1.14 bits per heavy atom. The average molecular weight is 419 g/mol. The van der Waals surface area contributed by atoms with Gasteiger partial charge >= 0.3 is 0 Å². The van der Waals surface area contributed by atoms with Crippen LogP contribution in [0.3, 0.4) is 0 Å². The van der Waals surface area contributed by atoms with Crippen molar-refractivity contribution in [1.82, 2.24) is 10.6 Å². The molecule has 1 aromatic carbocycles. The molecule has 1 saturated heterocycles. The van der Waals surface area contributed by atoms with Crippen LogP contribution in [0.4, 0.5) is 0 Å². The van der Waals surface area contributed by atoms with E-state index in [0.717, 1.165) is 25.8 Å². The Bertz CT molecular complexity index is 781. The molecule has 0 spiro atoms. The van der Waals surface area contributed by atoms with E-state index in [1.54, 1.807) is 0 Å². The molecular formula is C24H35ClN2O2. The van der Waals surface area contributed by atoms with E-state index in [-0.39, 0.29) is 41.2 Å². The maximum Gasteiger partial charge on any atom is 0.226 e. The summed E-state index contributed by atoms with van der Waals surface area (Å²) in [5.74, 6) is 1.78. The van der Waals surface area contributed by atoms with E-state index in [0.29, 0.717) is 24.9 Å². The van der Waals surface area contributed by atoms with E-state index in [9.17, 15) is 9.90 Å². The third-order valence-electron chi connectivity index (χ3n) is 8.49. The molecule has 1 heterocycles. The fraction of sp³-hybridized carbons (Fsp3) is 0.708. The number of rotatable bonds is 4. The zero-order valence-electron chi connectivity index (χ0n) is 17.7. The van der Waals surface area contributed by atoms with Crippen molar-refractivity contribution in [3.63, 3.8) is 0 Å². The molecule has 5 fully saturated rings. The molecule has 4 atom stereocenters. The molecule has 5 heteroatoms. The molecule has 6 rings (SSSR count). The summed E-state index contributed by atoms with van der Waals surface area (Å²) in [6.07, 6.45) is 6.62. The van der Waals surface area contributed by atoms with Gasteiger partial charge < -0.3 is 15.7 Å². The monoisotopic (exact) mass is 418 g/mol. The Hall–Kier alpha value is -1.10. The topological polar surface area (TPSA) is 61.4 Å². The summed E-state index contributed by atoms with van der Waals surface area (Å²) in [6, 6.07) is 7.00. The van der Waals surface area contributed by atoms with E-state index in [1.807, 2.05) is 0 Å². The highest BCUT2D eigenvalue weighted by molar-refractivity contribution is 5.85. The summed E-state index contributed by atoms with van der Waals surface area (Å²) in [5.41, 5.74) is 4.19. The van der Waals surface area contributed by atoms with Gasteiger partial charge in [0, 0.05) is 25.6 Å². The quantitative estimate of drug-likeness (QED) is 0.703. The van der Waals surface area contributed by atoms with Crippen molar-refractivity contribution in [2.75, 3.05) is 19.6 Å². The van der Waals surface area contributed by atoms with Gasteiger partial charge in [-0.2, -0.15) is 0 Å². The summed E-state index contributed by atoms with van der Waals surface area (Å²) in [4.78, 5) is 13.4. The van der Waals surface area contributed by atoms with E-state index < -0.39 is 0 Å². The molecule has 160 valence electrons. The lowest BCUT2D eigenvalue weighted by Gasteiger charge is -2.61. The molecule has 1 aliphatic heterocycles. The highest BCUT2D eigenvalue weighted by atomic mass is 35.5. The lowest BCUT2D eigenvalue weighted by molar-refractivity contribution is -0.149. The number of aliphatic hydroxyl groups excluding tert-OH is 1. The van der Waals surface area contributed by atoms with Crippen LogP contribution in [0.5, 0.6) is 0 Å². The Morgan fingerprint density at radius 3 is 2.48 bits per heavy atom. The summed E-state index contributed by atoms with van der Waals surface area (Å²) in [7, 11) is 0. The fourth-order valence-corrected chi connectivity index (χ4v) is 7.28. The first-order valence-electron chi connectivity index (χ1n) is 11.1. The number of nitrogens with one attached hydrogen (secondary N) is 2. The van der Waals surface area contributed by atoms with Crippen molar-refractivity contribution in [3.05, 3.63) is 34.9 Å². The minimum absolute atomic E-state index is 0. The predicted octanol–water partition coefficient (Wildman–Crippen LogP) is 3.26. The zero-order chi connectivity index (χ0) is 19.5. The van der Waals surface area contributed by atoms with E-state index in [1.165, 1.54) is 36.0 Å².